The van der Waals surface area contributed by atoms with Crippen molar-refractivity contribution < 1.29 is 14.2 Å². The molecule has 0 bridgehead atoms. The number of rotatable bonds is 11. The van der Waals surface area contributed by atoms with E-state index in [0.29, 0.717) is 32.2 Å². The molecule has 0 unspecified atom stereocenters. The summed E-state index contributed by atoms with van der Waals surface area (Å²) < 4.78 is 16.2. The number of hydrogen-bond donors (Lipinski definition) is 2. The Morgan fingerprint density at radius 3 is 2.72 bits per heavy atom. The Kier molecular flexibility index (Phi) is 9.78. The molecule has 1 aromatic carbocycles. The van der Waals surface area contributed by atoms with Gasteiger partial charge in [-0.3, -0.25) is 0 Å². The minimum Gasteiger partial charge on any atom is -0.493 e. The van der Waals surface area contributed by atoms with Crippen LogP contribution in [0.2, 0.25) is 0 Å². The quantitative estimate of drug-likeness (QED) is 0.343. The summed E-state index contributed by atoms with van der Waals surface area (Å²) in [5.41, 5.74) is 3.29. The first-order valence-electron chi connectivity index (χ1n) is 9.88. The van der Waals surface area contributed by atoms with Crippen LogP contribution in [-0.2, 0) is 17.8 Å². The molecule has 7 nitrogen and oxygen atoms in total. The molecule has 29 heavy (non-hydrogen) atoms. The van der Waals surface area contributed by atoms with Gasteiger partial charge in [0, 0.05) is 51.1 Å². The van der Waals surface area contributed by atoms with Crippen molar-refractivity contribution in [3.05, 3.63) is 53.2 Å². The van der Waals surface area contributed by atoms with E-state index in [1.807, 2.05) is 19.1 Å². The van der Waals surface area contributed by atoms with Crippen molar-refractivity contribution in [1.82, 2.24) is 15.6 Å². The van der Waals surface area contributed by atoms with Crippen molar-refractivity contribution in [3.8, 4) is 11.6 Å². The first-order chi connectivity index (χ1) is 14.2. The number of aromatic nitrogens is 1. The lowest BCUT2D eigenvalue weighted by Crippen LogP contribution is -2.36. The summed E-state index contributed by atoms with van der Waals surface area (Å²) >= 11 is 0. The second-order valence-electron chi connectivity index (χ2n) is 6.56. The molecule has 0 aliphatic rings. The second-order valence-corrected chi connectivity index (χ2v) is 6.56. The fraction of sp³-hybridized carbons (Fsp3) is 0.455. The zero-order chi connectivity index (χ0) is 20.9. The number of hydrogen-bond acceptors (Lipinski definition) is 5. The Hall–Kier alpha value is -2.80. The van der Waals surface area contributed by atoms with Gasteiger partial charge in [-0.15, -0.1) is 0 Å². The Bertz CT molecular complexity index is 780. The molecular formula is C22H32N4O3. The van der Waals surface area contributed by atoms with Gasteiger partial charge in [0.2, 0.25) is 5.88 Å². The molecule has 0 fully saturated rings. The van der Waals surface area contributed by atoms with Crippen molar-refractivity contribution in [2.24, 2.45) is 4.99 Å². The second kappa shape index (κ2) is 12.6. The van der Waals surface area contributed by atoms with E-state index in [2.05, 4.69) is 45.7 Å². The highest BCUT2D eigenvalue weighted by molar-refractivity contribution is 5.79. The van der Waals surface area contributed by atoms with E-state index in [-0.39, 0.29) is 0 Å². The predicted octanol–water partition coefficient (Wildman–Crippen LogP) is 3.07. The van der Waals surface area contributed by atoms with Crippen molar-refractivity contribution in [2.75, 3.05) is 34.0 Å². The highest BCUT2D eigenvalue weighted by atomic mass is 16.5. The number of aryl methyl sites for hydroxylation is 1. The summed E-state index contributed by atoms with van der Waals surface area (Å²) in [6, 6.07) is 10.1. The van der Waals surface area contributed by atoms with E-state index >= 15 is 0 Å². The molecule has 2 aromatic rings. The first-order valence-corrected chi connectivity index (χ1v) is 9.88. The van der Waals surface area contributed by atoms with Gasteiger partial charge in [-0.1, -0.05) is 12.1 Å². The van der Waals surface area contributed by atoms with Gasteiger partial charge in [-0.2, -0.15) is 0 Å². The SMILES string of the molecule is CCNC(=NCc1ccnc(OC)c1)NCc1ccc(C)cc1OCCCOC. The van der Waals surface area contributed by atoms with E-state index < -0.39 is 0 Å². The zero-order valence-electron chi connectivity index (χ0n) is 17.8. The molecule has 0 atom stereocenters. The van der Waals surface area contributed by atoms with Gasteiger partial charge in [0.1, 0.15) is 5.75 Å². The molecule has 1 heterocycles. The van der Waals surface area contributed by atoms with Gasteiger partial charge in [0.15, 0.2) is 5.96 Å². The Labute approximate surface area is 173 Å². The predicted molar refractivity (Wildman–Crippen MR) is 116 cm³/mol. The summed E-state index contributed by atoms with van der Waals surface area (Å²) in [6.45, 7) is 7.35. The van der Waals surface area contributed by atoms with Crippen LogP contribution >= 0.6 is 0 Å². The van der Waals surface area contributed by atoms with Crippen LogP contribution in [0.1, 0.15) is 30.0 Å². The minimum atomic E-state index is 0.530. The number of aliphatic imine (C=N–C) groups is 1. The van der Waals surface area contributed by atoms with Gasteiger partial charge < -0.3 is 24.8 Å². The van der Waals surface area contributed by atoms with Gasteiger partial charge in [-0.25, -0.2) is 9.98 Å². The molecule has 0 aliphatic carbocycles. The lowest BCUT2D eigenvalue weighted by Gasteiger charge is -2.15. The summed E-state index contributed by atoms with van der Waals surface area (Å²) in [5, 5.41) is 6.66. The molecule has 158 valence electrons. The largest absolute Gasteiger partial charge is 0.493 e. The molecule has 0 radical (unpaired) electrons. The smallest absolute Gasteiger partial charge is 0.213 e. The minimum absolute atomic E-state index is 0.530. The van der Waals surface area contributed by atoms with Crippen molar-refractivity contribution in [3.63, 3.8) is 0 Å². The highest BCUT2D eigenvalue weighted by Crippen LogP contribution is 2.20. The van der Waals surface area contributed by atoms with Gasteiger partial charge in [0.05, 0.1) is 20.3 Å². The van der Waals surface area contributed by atoms with Crippen LogP contribution in [0.4, 0.5) is 0 Å². The van der Waals surface area contributed by atoms with Crippen molar-refractivity contribution in [1.29, 1.82) is 0 Å². The van der Waals surface area contributed by atoms with Crippen LogP contribution in [0.25, 0.3) is 0 Å². The monoisotopic (exact) mass is 400 g/mol. The molecule has 7 heteroatoms. The molecular weight excluding hydrogens is 368 g/mol. The molecule has 0 amide bonds. The first kappa shape index (κ1) is 22.5. The topological polar surface area (TPSA) is 77.0 Å². The number of nitrogens with one attached hydrogen (secondary N) is 2. The normalized spacial score (nSPS) is 11.2. The van der Waals surface area contributed by atoms with Crippen LogP contribution in [0.3, 0.4) is 0 Å². The highest BCUT2D eigenvalue weighted by Gasteiger charge is 2.06. The third-order valence-electron chi connectivity index (χ3n) is 4.19. The van der Waals surface area contributed by atoms with Gasteiger partial charge in [0.25, 0.3) is 0 Å². The summed E-state index contributed by atoms with van der Waals surface area (Å²) in [7, 11) is 3.31. The average Bonchev–Trinajstić information content (AvgIpc) is 2.74. The number of methoxy groups -OCH3 is 2. The average molecular weight is 401 g/mol. The molecule has 2 N–H and O–H groups in total. The Morgan fingerprint density at radius 1 is 1.10 bits per heavy atom. The fourth-order valence-electron chi connectivity index (χ4n) is 2.68. The van der Waals surface area contributed by atoms with Gasteiger partial charge >= 0.3 is 0 Å². The van der Waals surface area contributed by atoms with Crippen LogP contribution in [0.5, 0.6) is 11.6 Å². The lowest BCUT2D eigenvalue weighted by atomic mass is 10.1. The molecule has 0 saturated heterocycles. The van der Waals surface area contributed by atoms with Gasteiger partial charge in [-0.05, 0) is 37.1 Å². The maximum absolute atomic E-state index is 5.97. The Morgan fingerprint density at radius 2 is 1.97 bits per heavy atom. The van der Waals surface area contributed by atoms with Crippen LogP contribution in [0, 0.1) is 6.92 Å². The zero-order valence-corrected chi connectivity index (χ0v) is 17.8. The molecule has 0 aliphatic heterocycles. The van der Waals surface area contributed by atoms with E-state index in [0.717, 1.165) is 35.8 Å². The van der Waals surface area contributed by atoms with Crippen molar-refractivity contribution >= 4 is 5.96 Å². The third kappa shape index (κ3) is 7.99. The fourth-order valence-corrected chi connectivity index (χ4v) is 2.68. The van der Waals surface area contributed by atoms with E-state index in [1.54, 1.807) is 20.4 Å². The van der Waals surface area contributed by atoms with E-state index in [1.165, 1.54) is 5.56 Å². The molecule has 1 aromatic heterocycles. The maximum Gasteiger partial charge on any atom is 0.213 e. The number of nitrogens with zero attached hydrogens (tertiary/aromatic N) is 2. The van der Waals surface area contributed by atoms with Crippen LogP contribution < -0.4 is 20.1 Å². The van der Waals surface area contributed by atoms with Crippen molar-refractivity contribution in [2.45, 2.75) is 33.4 Å². The van der Waals surface area contributed by atoms with Crippen LogP contribution in [-0.4, -0.2) is 44.9 Å². The molecule has 2 rings (SSSR count). The standard InChI is InChI=1S/C22H32N4O3/c1-5-23-22(25-15-18-9-10-24-21(14-18)28-4)26-16-19-8-7-17(2)13-20(19)29-12-6-11-27-3/h7-10,13-14H,5-6,11-12,15-16H2,1-4H3,(H2,23,25,26). The third-order valence-corrected chi connectivity index (χ3v) is 4.19. The van der Waals surface area contributed by atoms with E-state index in [9.17, 15) is 0 Å². The Balaban J connectivity index is 2.01. The maximum atomic E-state index is 5.97. The summed E-state index contributed by atoms with van der Waals surface area (Å²) in [5.74, 6) is 2.23. The number of benzene rings is 1. The van der Waals surface area contributed by atoms with Crippen LogP contribution in [0.15, 0.2) is 41.5 Å². The summed E-state index contributed by atoms with van der Waals surface area (Å²) in [6.07, 6.45) is 2.58. The molecule has 0 spiro atoms. The summed E-state index contributed by atoms with van der Waals surface area (Å²) in [4.78, 5) is 8.79. The number of ether oxygens (including phenoxy) is 3. The number of guanidine groups is 1. The molecule has 0 saturated carbocycles. The van der Waals surface area contributed by atoms with E-state index in [4.69, 9.17) is 14.2 Å². The number of pyridine rings is 1. The lowest BCUT2D eigenvalue weighted by molar-refractivity contribution is 0.171.